The summed E-state index contributed by atoms with van der Waals surface area (Å²) < 4.78 is 5.63. The summed E-state index contributed by atoms with van der Waals surface area (Å²) >= 11 is 0. The van der Waals surface area contributed by atoms with Gasteiger partial charge in [0.25, 0.3) is 0 Å². The van der Waals surface area contributed by atoms with Crippen molar-refractivity contribution in [1.82, 2.24) is 15.1 Å². The maximum atomic E-state index is 6.38. The van der Waals surface area contributed by atoms with Crippen molar-refractivity contribution >= 4 is 17.3 Å². The lowest BCUT2D eigenvalue weighted by atomic mass is 9.87. The SMILES string of the molecule is CC1/C=C\N=C(N)Nc2cc(cc(N3CCOCC3)c2)CN2CCC(CC2)C(C2=CC2)NCCN(C)Cc2ccc1cc2. The molecule has 2 fully saturated rings. The van der Waals surface area contributed by atoms with Crippen LogP contribution in [0.2, 0.25) is 0 Å². The lowest BCUT2D eigenvalue weighted by Crippen LogP contribution is -2.44. The molecule has 230 valence electrons. The molecule has 2 saturated heterocycles. The zero-order valence-corrected chi connectivity index (χ0v) is 26.0. The van der Waals surface area contributed by atoms with Crippen molar-refractivity contribution in [2.24, 2.45) is 16.6 Å². The predicted molar refractivity (Wildman–Crippen MR) is 178 cm³/mol. The minimum absolute atomic E-state index is 0.243. The molecule has 0 radical (unpaired) electrons. The van der Waals surface area contributed by atoms with Gasteiger partial charge in [-0.15, -0.1) is 0 Å². The van der Waals surface area contributed by atoms with E-state index in [-0.39, 0.29) is 5.92 Å². The number of aliphatic imine (C=N–C) groups is 1. The van der Waals surface area contributed by atoms with Crippen LogP contribution in [0.4, 0.5) is 11.4 Å². The third-order valence-corrected chi connectivity index (χ3v) is 9.38. The number of anilines is 2. The summed E-state index contributed by atoms with van der Waals surface area (Å²) in [6.07, 6.45) is 9.99. The molecule has 2 aromatic carbocycles. The first-order chi connectivity index (χ1) is 21.0. The number of hydrogen-bond donors (Lipinski definition) is 3. The summed E-state index contributed by atoms with van der Waals surface area (Å²) in [5, 5.41) is 7.33. The number of benzene rings is 2. The van der Waals surface area contributed by atoms with Gasteiger partial charge in [-0.3, -0.25) is 4.90 Å². The van der Waals surface area contributed by atoms with Crippen LogP contribution >= 0.6 is 0 Å². The first-order valence-electron chi connectivity index (χ1n) is 16.2. The van der Waals surface area contributed by atoms with Crippen LogP contribution in [0.25, 0.3) is 0 Å². The Morgan fingerprint density at radius 3 is 2.44 bits per heavy atom. The number of nitrogens with zero attached hydrogens (tertiary/aromatic N) is 4. The van der Waals surface area contributed by atoms with Crippen molar-refractivity contribution in [1.29, 1.82) is 0 Å². The van der Waals surface area contributed by atoms with Gasteiger partial charge in [-0.1, -0.05) is 48.9 Å². The lowest BCUT2D eigenvalue weighted by molar-refractivity contribution is 0.122. The third-order valence-electron chi connectivity index (χ3n) is 9.38. The van der Waals surface area contributed by atoms with Gasteiger partial charge in [0.1, 0.15) is 0 Å². The molecule has 6 heterocycles. The largest absolute Gasteiger partial charge is 0.378 e. The number of nitrogens with two attached hydrogens (primary N) is 1. The van der Waals surface area contributed by atoms with Crippen LogP contribution in [0.15, 0.2) is 71.4 Å². The number of guanidine groups is 1. The number of rotatable bonds is 2. The predicted octanol–water partition coefficient (Wildman–Crippen LogP) is 4.51. The first kappa shape index (κ1) is 29.9. The van der Waals surface area contributed by atoms with Gasteiger partial charge in [0.15, 0.2) is 5.96 Å². The molecule has 0 saturated carbocycles. The van der Waals surface area contributed by atoms with E-state index in [9.17, 15) is 0 Å². The smallest absolute Gasteiger partial charge is 0.197 e. The number of allylic oxidation sites excluding steroid dienone is 2. The molecule has 6 bridgehead atoms. The normalized spacial score (nSPS) is 28.4. The second-order valence-corrected chi connectivity index (χ2v) is 12.8. The summed E-state index contributed by atoms with van der Waals surface area (Å²) in [7, 11) is 2.23. The van der Waals surface area contributed by atoms with E-state index < -0.39 is 0 Å². The third kappa shape index (κ3) is 8.26. The summed E-state index contributed by atoms with van der Waals surface area (Å²) in [4.78, 5) is 12.0. The Labute approximate surface area is 257 Å². The van der Waals surface area contributed by atoms with Crippen LogP contribution in [-0.4, -0.2) is 81.3 Å². The number of piperidine rings is 1. The van der Waals surface area contributed by atoms with Crippen molar-refractivity contribution in [3.63, 3.8) is 0 Å². The molecule has 43 heavy (non-hydrogen) atoms. The molecule has 2 aromatic rings. The van der Waals surface area contributed by atoms with Gasteiger partial charge in [0.2, 0.25) is 0 Å². The average Bonchev–Trinajstić information content (AvgIpc) is 3.86. The molecular formula is C35H49N7O. The van der Waals surface area contributed by atoms with Crippen LogP contribution in [0.1, 0.15) is 48.8 Å². The Morgan fingerprint density at radius 1 is 0.930 bits per heavy atom. The van der Waals surface area contributed by atoms with E-state index in [0.29, 0.717) is 17.9 Å². The van der Waals surface area contributed by atoms with E-state index in [2.05, 4.69) is 98.9 Å². The number of nitrogens with one attached hydrogen (secondary N) is 2. The zero-order valence-electron chi connectivity index (χ0n) is 26.0. The van der Waals surface area contributed by atoms with Crippen molar-refractivity contribution in [2.75, 3.05) is 69.7 Å². The highest BCUT2D eigenvalue weighted by Crippen LogP contribution is 2.33. The topological polar surface area (TPSA) is 81.4 Å². The molecule has 7 aliphatic rings. The van der Waals surface area contributed by atoms with Gasteiger partial charge in [0.05, 0.1) is 13.2 Å². The number of likely N-dealkylation sites (N-methyl/N-ethyl adjacent to an activating group) is 1. The highest BCUT2D eigenvalue weighted by Gasteiger charge is 2.31. The zero-order chi connectivity index (χ0) is 29.6. The second-order valence-electron chi connectivity index (χ2n) is 12.8. The Morgan fingerprint density at radius 2 is 1.70 bits per heavy atom. The van der Waals surface area contributed by atoms with E-state index in [4.69, 9.17) is 10.5 Å². The summed E-state index contributed by atoms with van der Waals surface area (Å²) in [5.41, 5.74) is 14.1. The monoisotopic (exact) mass is 583 g/mol. The molecule has 0 spiro atoms. The van der Waals surface area contributed by atoms with E-state index in [1.54, 1.807) is 5.57 Å². The molecule has 6 aliphatic heterocycles. The van der Waals surface area contributed by atoms with Gasteiger partial charge in [-0.25, -0.2) is 4.99 Å². The van der Waals surface area contributed by atoms with Crippen LogP contribution in [0.3, 0.4) is 0 Å². The fraction of sp³-hybridized carbons (Fsp3) is 0.514. The maximum Gasteiger partial charge on any atom is 0.197 e. The number of morpholine rings is 1. The van der Waals surface area contributed by atoms with Crippen molar-refractivity contribution in [3.05, 3.63) is 83.1 Å². The van der Waals surface area contributed by atoms with Gasteiger partial charge < -0.3 is 30.9 Å². The highest BCUT2D eigenvalue weighted by molar-refractivity contribution is 5.93. The minimum Gasteiger partial charge on any atom is -0.378 e. The second kappa shape index (κ2) is 14.1. The fourth-order valence-corrected chi connectivity index (χ4v) is 6.73. The maximum absolute atomic E-state index is 6.38. The Hall–Kier alpha value is -3.17. The Kier molecular flexibility index (Phi) is 9.78. The van der Waals surface area contributed by atoms with Gasteiger partial charge in [-0.05, 0) is 80.2 Å². The quantitative estimate of drug-likeness (QED) is 0.449. The lowest BCUT2D eigenvalue weighted by Gasteiger charge is -2.36. The van der Waals surface area contributed by atoms with E-state index >= 15 is 0 Å². The molecule has 2 unspecified atom stereocenters. The van der Waals surface area contributed by atoms with Crippen LogP contribution < -0.4 is 21.3 Å². The van der Waals surface area contributed by atoms with Crippen LogP contribution in [0.5, 0.6) is 0 Å². The van der Waals surface area contributed by atoms with Crippen molar-refractivity contribution in [2.45, 2.75) is 51.2 Å². The molecular weight excluding hydrogens is 534 g/mol. The highest BCUT2D eigenvalue weighted by atomic mass is 16.5. The standard InChI is InChI=1S/C35H49N7O/c1-26-9-12-38-35(36)39-32-21-28(22-33(23-32)42-17-19-43-20-18-42)25-41-14-10-31(11-15-41)34(30-7-8-30)37-13-16-40(2)24-27-3-5-29(26)6-4-27/h3-7,9,12,21-23,26,31,34,37H,8,10-11,13-20,24-25H2,1-2H3,(H3,36,38,39)/b12-9-. The average molecular weight is 584 g/mol. The fourth-order valence-electron chi connectivity index (χ4n) is 6.73. The number of ether oxygens (including phenoxy) is 1. The molecule has 0 amide bonds. The van der Waals surface area contributed by atoms with Crippen LogP contribution in [-0.2, 0) is 17.8 Å². The molecule has 9 rings (SSSR count). The summed E-state index contributed by atoms with van der Waals surface area (Å²) in [6.45, 7) is 11.7. The Balaban J connectivity index is 1.24. The van der Waals surface area contributed by atoms with E-state index in [1.807, 2.05) is 6.20 Å². The summed E-state index contributed by atoms with van der Waals surface area (Å²) in [6, 6.07) is 16.3. The van der Waals surface area contributed by atoms with Crippen LogP contribution in [0, 0.1) is 5.92 Å². The van der Waals surface area contributed by atoms with Gasteiger partial charge in [-0.2, -0.15) is 0 Å². The number of hydrogen-bond acceptors (Lipinski definition) is 8. The Bertz CT molecular complexity index is 1310. The first-order valence-corrected chi connectivity index (χ1v) is 16.2. The molecule has 0 aromatic heterocycles. The minimum atomic E-state index is 0.243. The molecule has 8 nitrogen and oxygen atoms in total. The van der Waals surface area contributed by atoms with Crippen molar-refractivity contribution in [3.8, 4) is 0 Å². The molecule has 1 aliphatic carbocycles. The molecule has 2 atom stereocenters. The summed E-state index contributed by atoms with van der Waals surface area (Å²) in [5.74, 6) is 1.35. The van der Waals surface area contributed by atoms with Crippen molar-refractivity contribution < 1.29 is 4.74 Å². The molecule has 8 heteroatoms. The van der Waals surface area contributed by atoms with E-state index in [1.165, 1.54) is 41.6 Å². The van der Waals surface area contributed by atoms with Gasteiger partial charge >= 0.3 is 0 Å². The van der Waals surface area contributed by atoms with E-state index in [0.717, 1.165) is 71.3 Å². The van der Waals surface area contributed by atoms with Gasteiger partial charge in [0, 0.05) is 68.8 Å². The molecule has 4 N–H and O–H groups in total.